The Morgan fingerprint density at radius 2 is 1.81 bits per heavy atom. The zero-order chi connectivity index (χ0) is 19.1. The van der Waals surface area contributed by atoms with Gasteiger partial charge in [-0.3, -0.25) is 14.3 Å². The van der Waals surface area contributed by atoms with Crippen molar-refractivity contribution in [1.82, 2.24) is 24.8 Å². The summed E-state index contributed by atoms with van der Waals surface area (Å²) in [4.78, 5) is 23.0. The number of amides is 1. The van der Waals surface area contributed by atoms with Crippen LogP contribution in [0.3, 0.4) is 0 Å². The molecule has 0 aliphatic carbocycles. The van der Waals surface area contributed by atoms with E-state index in [0.29, 0.717) is 12.1 Å². The van der Waals surface area contributed by atoms with Crippen LogP contribution in [0.15, 0.2) is 61.3 Å². The molecule has 3 rings (SSSR count). The topological polar surface area (TPSA) is 63.1 Å². The Bertz CT molecular complexity index is 837. The highest BCUT2D eigenvalue weighted by Crippen LogP contribution is 2.09. The molecular formula is C21H25N5O. The molecule has 0 bridgehead atoms. The molecule has 27 heavy (non-hydrogen) atoms. The molecule has 2 aromatic heterocycles. The van der Waals surface area contributed by atoms with Crippen LogP contribution in [-0.2, 0) is 13.1 Å². The summed E-state index contributed by atoms with van der Waals surface area (Å²) in [5.74, 6) is 0.597. The lowest BCUT2D eigenvalue weighted by Gasteiger charge is -2.18. The molecule has 0 saturated heterocycles. The zero-order valence-corrected chi connectivity index (χ0v) is 15.8. The normalized spacial score (nSPS) is 10.9. The number of imidazole rings is 1. The maximum Gasteiger partial charge on any atom is 0.253 e. The number of carbonyl (C=O) groups is 1. The van der Waals surface area contributed by atoms with Crippen molar-refractivity contribution in [3.8, 4) is 5.82 Å². The second kappa shape index (κ2) is 9.09. The van der Waals surface area contributed by atoms with E-state index >= 15 is 0 Å². The van der Waals surface area contributed by atoms with Crippen LogP contribution in [-0.4, -0.2) is 38.4 Å². The maximum absolute atomic E-state index is 12.3. The predicted octanol–water partition coefficient (Wildman–Crippen LogP) is 3.04. The predicted molar refractivity (Wildman–Crippen MR) is 106 cm³/mol. The second-order valence-corrected chi connectivity index (χ2v) is 6.34. The van der Waals surface area contributed by atoms with Gasteiger partial charge in [-0.25, -0.2) is 9.97 Å². The number of carbonyl (C=O) groups excluding carboxylic acids is 1. The van der Waals surface area contributed by atoms with Crippen LogP contribution >= 0.6 is 0 Å². The van der Waals surface area contributed by atoms with Gasteiger partial charge in [0.05, 0.1) is 5.56 Å². The van der Waals surface area contributed by atoms with E-state index in [9.17, 15) is 4.79 Å². The molecule has 0 atom stereocenters. The van der Waals surface area contributed by atoms with Gasteiger partial charge in [-0.15, -0.1) is 0 Å². The summed E-state index contributed by atoms with van der Waals surface area (Å²) >= 11 is 0. The summed E-state index contributed by atoms with van der Waals surface area (Å²) in [5, 5.41) is 2.94. The minimum Gasteiger partial charge on any atom is -0.348 e. The van der Waals surface area contributed by atoms with E-state index in [1.54, 1.807) is 35.4 Å². The standard InChI is InChI=1S/C21H25N5O/c1-3-25(4-2)15-18-7-5-17(6-8-18)13-24-21(27)19-9-10-20(23-14-19)26-12-11-22-16-26/h5-12,14,16H,3-4,13,15H2,1-2H3,(H,24,27). The van der Waals surface area contributed by atoms with Gasteiger partial charge in [0.2, 0.25) is 0 Å². The molecule has 0 aliphatic rings. The fraction of sp³-hybridized carbons (Fsp3) is 0.286. The highest BCUT2D eigenvalue weighted by Gasteiger charge is 2.07. The van der Waals surface area contributed by atoms with Gasteiger partial charge in [0.1, 0.15) is 12.1 Å². The number of rotatable bonds is 8. The summed E-state index contributed by atoms with van der Waals surface area (Å²) in [6, 6.07) is 12.0. The lowest BCUT2D eigenvalue weighted by Crippen LogP contribution is -2.23. The van der Waals surface area contributed by atoms with E-state index < -0.39 is 0 Å². The van der Waals surface area contributed by atoms with E-state index in [4.69, 9.17) is 0 Å². The molecule has 0 radical (unpaired) electrons. The summed E-state index contributed by atoms with van der Waals surface area (Å²) < 4.78 is 1.79. The van der Waals surface area contributed by atoms with Crippen molar-refractivity contribution < 1.29 is 4.79 Å². The third-order valence-corrected chi connectivity index (χ3v) is 4.56. The molecule has 2 heterocycles. The first-order valence-corrected chi connectivity index (χ1v) is 9.22. The Morgan fingerprint density at radius 1 is 1.07 bits per heavy atom. The van der Waals surface area contributed by atoms with Crippen LogP contribution < -0.4 is 5.32 Å². The van der Waals surface area contributed by atoms with E-state index in [-0.39, 0.29) is 5.91 Å². The first-order valence-electron chi connectivity index (χ1n) is 9.22. The minimum absolute atomic E-state index is 0.133. The van der Waals surface area contributed by atoms with Crippen LogP contribution in [0.2, 0.25) is 0 Å². The zero-order valence-electron chi connectivity index (χ0n) is 15.8. The summed E-state index contributed by atoms with van der Waals surface area (Å²) in [7, 11) is 0. The summed E-state index contributed by atoms with van der Waals surface area (Å²) in [6.07, 6.45) is 6.76. The van der Waals surface area contributed by atoms with E-state index in [2.05, 4.69) is 58.3 Å². The van der Waals surface area contributed by atoms with Gasteiger partial charge >= 0.3 is 0 Å². The molecule has 0 saturated carbocycles. The van der Waals surface area contributed by atoms with Crippen molar-refractivity contribution in [2.24, 2.45) is 0 Å². The Hall–Kier alpha value is -2.99. The van der Waals surface area contributed by atoms with Gasteiger partial charge in [-0.2, -0.15) is 0 Å². The number of hydrogen-bond acceptors (Lipinski definition) is 4. The van der Waals surface area contributed by atoms with Gasteiger partial charge in [0.15, 0.2) is 0 Å². The first-order chi connectivity index (χ1) is 13.2. The molecule has 0 fully saturated rings. The molecule has 140 valence electrons. The van der Waals surface area contributed by atoms with Crippen LogP contribution in [0.1, 0.15) is 35.3 Å². The summed E-state index contributed by atoms with van der Waals surface area (Å²) in [5.41, 5.74) is 2.90. The molecule has 6 heteroatoms. The molecule has 3 aromatic rings. The van der Waals surface area contributed by atoms with Gasteiger partial charge in [0, 0.05) is 31.7 Å². The van der Waals surface area contributed by atoms with Gasteiger partial charge in [0.25, 0.3) is 5.91 Å². The highest BCUT2D eigenvalue weighted by atomic mass is 16.1. The quantitative estimate of drug-likeness (QED) is 0.668. The highest BCUT2D eigenvalue weighted by molar-refractivity contribution is 5.93. The Kier molecular flexibility index (Phi) is 6.33. The van der Waals surface area contributed by atoms with Crippen LogP contribution in [0.4, 0.5) is 0 Å². The maximum atomic E-state index is 12.3. The average molecular weight is 363 g/mol. The Morgan fingerprint density at radius 3 is 2.41 bits per heavy atom. The number of hydrogen-bond donors (Lipinski definition) is 1. The SMILES string of the molecule is CCN(CC)Cc1ccc(CNC(=O)c2ccc(-n3ccnc3)nc2)cc1. The molecular weight excluding hydrogens is 338 g/mol. The number of aromatic nitrogens is 3. The molecule has 0 unspecified atom stereocenters. The van der Waals surface area contributed by atoms with Gasteiger partial charge in [-0.1, -0.05) is 38.1 Å². The van der Waals surface area contributed by atoms with E-state index in [1.807, 2.05) is 6.20 Å². The second-order valence-electron chi connectivity index (χ2n) is 6.34. The van der Waals surface area contributed by atoms with Crippen LogP contribution in [0.5, 0.6) is 0 Å². The van der Waals surface area contributed by atoms with Crippen molar-refractivity contribution in [3.05, 3.63) is 78.0 Å². The molecule has 1 aromatic carbocycles. The van der Waals surface area contributed by atoms with Crippen molar-refractivity contribution in [2.75, 3.05) is 13.1 Å². The number of pyridine rings is 1. The number of nitrogens with zero attached hydrogens (tertiary/aromatic N) is 4. The van der Waals surface area contributed by atoms with Crippen molar-refractivity contribution in [2.45, 2.75) is 26.9 Å². The lowest BCUT2D eigenvalue weighted by molar-refractivity contribution is 0.0950. The molecule has 0 spiro atoms. The van der Waals surface area contributed by atoms with Crippen LogP contribution in [0.25, 0.3) is 5.82 Å². The van der Waals surface area contributed by atoms with Gasteiger partial charge < -0.3 is 5.32 Å². The molecule has 1 amide bonds. The van der Waals surface area contributed by atoms with Gasteiger partial charge in [-0.05, 0) is 36.3 Å². The van der Waals surface area contributed by atoms with Crippen molar-refractivity contribution >= 4 is 5.91 Å². The number of nitrogens with one attached hydrogen (secondary N) is 1. The third kappa shape index (κ3) is 5.01. The van der Waals surface area contributed by atoms with E-state index in [0.717, 1.165) is 31.0 Å². The smallest absolute Gasteiger partial charge is 0.253 e. The van der Waals surface area contributed by atoms with Crippen molar-refractivity contribution in [3.63, 3.8) is 0 Å². The number of benzene rings is 1. The third-order valence-electron chi connectivity index (χ3n) is 4.56. The molecule has 6 nitrogen and oxygen atoms in total. The molecule has 1 N–H and O–H groups in total. The fourth-order valence-corrected chi connectivity index (χ4v) is 2.82. The first kappa shape index (κ1) is 18.8. The summed E-state index contributed by atoms with van der Waals surface area (Å²) in [6.45, 7) is 7.88. The van der Waals surface area contributed by atoms with Crippen molar-refractivity contribution in [1.29, 1.82) is 0 Å². The monoisotopic (exact) mass is 363 g/mol. The Balaban J connectivity index is 1.54. The lowest BCUT2D eigenvalue weighted by atomic mass is 10.1. The Labute approximate surface area is 159 Å². The van der Waals surface area contributed by atoms with Crippen LogP contribution in [0, 0.1) is 0 Å². The largest absolute Gasteiger partial charge is 0.348 e. The van der Waals surface area contributed by atoms with E-state index in [1.165, 1.54) is 5.56 Å². The molecule has 0 aliphatic heterocycles. The minimum atomic E-state index is -0.133. The average Bonchev–Trinajstić information content (AvgIpc) is 3.26. The fourth-order valence-electron chi connectivity index (χ4n) is 2.82.